The van der Waals surface area contributed by atoms with E-state index >= 15 is 0 Å². The Morgan fingerprint density at radius 2 is 2.21 bits per heavy atom. The van der Waals surface area contributed by atoms with Crippen LogP contribution < -0.4 is 0 Å². The minimum atomic E-state index is 0.454. The standard InChI is InChI=1S/C12H23NO/c1-3-4-5-10-14-12(8-9-13-2)11-6-7-11/h9,11-12H,3-8,10H2,1-2H3. The molecule has 1 fully saturated rings. The van der Waals surface area contributed by atoms with Crippen LogP contribution in [0.25, 0.3) is 0 Å². The molecule has 2 nitrogen and oxygen atoms in total. The first-order valence-corrected chi connectivity index (χ1v) is 5.90. The summed E-state index contributed by atoms with van der Waals surface area (Å²) in [6, 6.07) is 0. The van der Waals surface area contributed by atoms with Crippen molar-refractivity contribution in [3.63, 3.8) is 0 Å². The quantitative estimate of drug-likeness (QED) is 0.433. The molecular formula is C12H23NO. The Hall–Kier alpha value is -0.370. The lowest BCUT2D eigenvalue weighted by atomic mass is 10.2. The molecule has 0 saturated heterocycles. The van der Waals surface area contributed by atoms with Crippen molar-refractivity contribution >= 4 is 6.21 Å². The van der Waals surface area contributed by atoms with Crippen molar-refractivity contribution in [3.05, 3.63) is 0 Å². The van der Waals surface area contributed by atoms with Gasteiger partial charge < -0.3 is 9.73 Å². The number of rotatable bonds is 8. The van der Waals surface area contributed by atoms with Crippen LogP contribution in [0.1, 0.15) is 45.4 Å². The van der Waals surface area contributed by atoms with Crippen LogP contribution in [0, 0.1) is 5.92 Å². The molecule has 0 aromatic carbocycles. The zero-order chi connectivity index (χ0) is 10.2. The first kappa shape index (κ1) is 11.7. The number of nitrogens with zero attached hydrogens (tertiary/aromatic N) is 1. The normalized spacial score (nSPS) is 19.0. The van der Waals surface area contributed by atoms with Gasteiger partial charge in [-0.05, 0) is 25.2 Å². The van der Waals surface area contributed by atoms with E-state index in [9.17, 15) is 0 Å². The van der Waals surface area contributed by atoms with E-state index in [1.54, 1.807) is 0 Å². The maximum atomic E-state index is 5.88. The van der Waals surface area contributed by atoms with Crippen LogP contribution in [-0.2, 0) is 4.74 Å². The van der Waals surface area contributed by atoms with Gasteiger partial charge in [0.25, 0.3) is 0 Å². The third kappa shape index (κ3) is 4.75. The summed E-state index contributed by atoms with van der Waals surface area (Å²) in [4.78, 5) is 4.03. The van der Waals surface area contributed by atoms with Gasteiger partial charge in [0.1, 0.15) is 0 Å². The van der Waals surface area contributed by atoms with E-state index in [2.05, 4.69) is 11.9 Å². The SMILES string of the molecule is CCCCCOC(CC=NC)C1CC1. The van der Waals surface area contributed by atoms with Gasteiger partial charge >= 0.3 is 0 Å². The molecule has 1 saturated carbocycles. The fourth-order valence-electron chi connectivity index (χ4n) is 1.66. The van der Waals surface area contributed by atoms with Crippen LogP contribution in [0.15, 0.2) is 4.99 Å². The van der Waals surface area contributed by atoms with Crippen molar-refractivity contribution in [1.29, 1.82) is 0 Å². The highest BCUT2D eigenvalue weighted by Crippen LogP contribution is 2.35. The molecule has 1 atom stereocenters. The van der Waals surface area contributed by atoms with E-state index in [4.69, 9.17) is 4.74 Å². The molecule has 0 bridgehead atoms. The van der Waals surface area contributed by atoms with Crippen LogP contribution in [0.2, 0.25) is 0 Å². The summed E-state index contributed by atoms with van der Waals surface area (Å²) in [7, 11) is 1.83. The molecule has 14 heavy (non-hydrogen) atoms. The summed E-state index contributed by atoms with van der Waals surface area (Å²) < 4.78 is 5.88. The third-order valence-electron chi connectivity index (χ3n) is 2.75. The number of ether oxygens (including phenoxy) is 1. The Morgan fingerprint density at radius 1 is 1.43 bits per heavy atom. The number of unbranched alkanes of at least 4 members (excludes halogenated alkanes) is 2. The lowest BCUT2D eigenvalue weighted by Gasteiger charge is -2.14. The van der Waals surface area contributed by atoms with Crippen LogP contribution in [0.5, 0.6) is 0 Å². The molecule has 0 amide bonds. The second kappa shape index (κ2) is 6.99. The predicted molar refractivity (Wildman–Crippen MR) is 61.0 cm³/mol. The molecular weight excluding hydrogens is 174 g/mol. The second-order valence-corrected chi connectivity index (χ2v) is 4.13. The summed E-state index contributed by atoms with van der Waals surface area (Å²) in [5.41, 5.74) is 0. The zero-order valence-electron chi connectivity index (χ0n) is 9.54. The van der Waals surface area contributed by atoms with Gasteiger partial charge in [-0.25, -0.2) is 0 Å². The fraction of sp³-hybridized carbons (Fsp3) is 0.917. The molecule has 1 aliphatic carbocycles. The van der Waals surface area contributed by atoms with Crippen molar-refractivity contribution in [2.24, 2.45) is 10.9 Å². The van der Waals surface area contributed by atoms with Crippen molar-refractivity contribution in [1.82, 2.24) is 0 Å². The molecule has 1 aliphatic rings. The Kier molecular flexibility index (Phi) is 5.85. The first-order chi connectivity index (χ1) is 6.88. The predicted octanol–water partition coefficient (Wildman–Crippen LogP) is 3.06. The molecule has 1 unspecified atom stereocenters. The Balaban J connectivity index is 2.08. The Bertz CT molecular complexity index is 164. The highest BCUT2D eigenvalue weighted by molar-refractivity contribution is 5.57. The summed E-state index contributed by atoms with van der Waals surface area (Å²) in [5.74, 6) is 0.828. The lowest BCUT2D eigenvalue weighted by molar-refractivity contribution is 0.0416. The van der Waals surface area contributed by atoms with E-state index in [-0.39, 0.29) is 0 Å². The average Bonchev–Trinajstić information content (AvgIpc) is 3.00. The van der Waals surface area contributed by atoms with Gasteiger partial charge in [0.2, 0.25) is 0 Å². The average molecular weight is 197 g/mol. The maximum absolute atomic E-state index is 5.88. The highest BCUT2D eigenvalue weighted by atomic mass is 16.5. The van der Waals surface area contributed by atoms with Gasteiger partial charge in [-0.1, -0.05) is 19.8 Å². The van der Waals surface area contributed by atoms with Crippen LogP contribution >= 0.6 is 0 Å². The van der Waals surface area contributed by atoms with E-state index in [0.717, 1.165) is 18.9 Å². The van der Waals surface area contributed by atoms with E-state index in [1.165, 1.54) is 32.1 Å². The van der Waals surface area contributed by atoms with E-state index < -0.39 is 0 Å². The molecule has 0 aromatic heterocycles. The van der Waals surface area contributed by atoms with Gasteiger partial charge in [0.05, 0.1) is 6.10 Å². The third-order valence-corrected chi connectivity index (χ3v) is 2.75. The zero-order valence-corrected chi connectivity index (χ0v) is 9.54. The van der Waals surface area contributed by atoms with Gasteiger partial charge in [-0.3, -0.25) is 0 Å². The maximum Gasteiger partial charge on any atom is 0.0652 e. The monoisotopic (exact) mass is 197 g/mol. The summed E-state index contributed by atoms with van der Waals surface area (Å²) >= 11 is 0. The summed E-state index contributed by atoms with van der Waals surface area (Å²) in [5, 5.41) is 0. The lowest BCUT2D eigenvalue weighted by Crippen LogP contribution is -2.16. The van der Waals surface area contributed by atoms with Gasteiger partial charge in [0.15, 0.2) is 0 Å². The van der Waals surface area contributed by atoms with E-state index in [1.807, 2.05) is 13.3 Å². The minimum absolute atomic E-state index is 0.454. The summed E-state index contributed by atoms with van der Waals surface area (Å²) in [6.07, 6.45) is 9.94. The number of hydrogen-bond acceptors (Lipinski definition) is 2. The van der Waals surface area contributed by atoms with Gasteiger partial charge in [-0.2, -0.15) is 0 Å². The molecule has 0 aliphatic heterocycles. The van der Waals surface area contributed by atoms with Gasteiger partial charge in [-0.15, -0.1) is 0 Å². The fourth-order valence-corrected chi connectivity index (χ4v) is 1.66. The molecule has 0 N–H and O–H groups in total. The minimum Gasteiger partial charge on any atom is -0.378 e. The van der Waals surface area contributed by atoms with Crippen molar-refractivity contribution in [3.8, 4) is 0 Å². The molecule has 0 heterocycles. The molecule has 0 radical (unpaired) electrons. The molecule has 0 spiro atoms. The van der Waals surface area contributed by atoms with Crippen LogP contribution in [-0.4, -0.2) is 26.0 Å². The first-order valence-electron chi connectivity index (χ1n) is 5.90. The highest BCUT2D eigenvalue weighted by Gasteiger charge is 2.30. The topological polar surface area (TPSA) is 21.6 Å². The number of aliphatic imine (C=N–C) groups is 1. The molecule has 1 rings (SSSR count). The molecule has 0 aromatic rings. The van der Waals surface area contributed by atoms with Crippen LogP contribution in [0.3, 0.4) is 0 Å². The van der Waals surface area contributed by atoms with Crippen molar-refractivity contribution in [2.45, 2.75) is 51.6 Å². The van der Waals surface area contributed by atoms with Gasteiger partial charge in [0, 0.05) is 26.3 Å². The smallest absolute Gasteiger partial charge is 0.0652 e. The van der Waals surface area contributed by atoms with Crippen molar-refractivity contribution < 1.29 is 4.74 Å². The number of hydrogen-bond donors (Lipinski definition) is 0. The summed E-state index contributed by atoms with van der Waals surface area (Å²) in [6.45, 7) is 3.16. The molecule has 82 valence electrons. The van der Waals surface area contributed by atoms with Crippen molar-refractivity contribution in [2.75, 3.05) is 13.7 Å². The van der Waals surface area contributed by atoms with E-state index in [0.29, 0.717) is 6.10 Å². The molecule has 2 heteroatoms. The Labute approximate surface area is 87.8 Å². The second-order valence-electron chi connectivity index (χ2n) is 4.13. The Morgan fingerprint density at radius 3 is 2.79 bits per heavy atom. The van der Waals surface area contributed by atoms with Crippen LogP contribution in [0.4, 0.5) is 0 Å². The largest absolute Gasteiger partial charge is 0.378 e.